The fourth-order valence-corrected chi connectivity index (χ4v) is 4.05. The van der Waals surface area contributed by atoms with Crippen molar-refractivity contribution in [1.29, 1.82) is 0 Å². The summed E-state index contributed by atoms with van der Waals surface area (Å²) in [6.45, 7) is 0. The monoisotopic (exact) mass is 396 g/mol. The van der Waals surface area contributed by atoms with Gasteiger partial charge in [-0.1, -0.05) is 18.2 Å². The molecule has 5 aromatic rings. The number of hydrogen-bond donors (Lipinski definition) is 1. The molecule has 0 radical (unpaired) electrons. The molecule has 1 N–H and O–H groups in total. The van der Waals surface area contributed by atoms with Gasteiger partial charge in [-0.25, -0.2) is 0 Å². The summed E-state index contributed by atoms with van der Waals surface area (Å²) in [6.07, 6.45) is 3.63. The Morgan fingerprint density at radius 2 is 1.68 bits per heavy atom. The molecule has 3 nitrogen and oxygen atoms in total. The summed E-state index contributed by atoms with van der Waals surface area (Å²) in [7, 11) is 0. The highest BCUT2D eigenvalue weighted by Gasteiger charge is 2.15. The van der Waals surface area contributed by atoms with E-state index < -0.39 is 0 Å². The molecule has 3 aromatic carbocycles. The van der Waals surface area contributed by atoms with E-state index in [4.69, 9.17) is 0 Å². The number of H-pyrrole nitrogens is 1. The summed E-state index contributed by atoms with van der Waals surface area (Å²) in [6, 6.07) is 12.2. The Morgan fingerprint density at radius 3 is 2.59 bits per heavy atom. The molecule has 0 fully saturated rings. The lowest BCUT2D eigenvalue weighted by atomic mass is 9.94. The van der Waals surface area contributed by atoms with Crippen LogP contribution in [-0.2, 0) is 0 Å². The van der Waals surface area contributed by atoms with Gasteiger partial charge in [-0.2, -0.15) is 0 Å². The predicted octanol–water partition coefficient (Wildman–Crippen LogP) is 4.43. The normalized spacial score (nSPS) is 12.0. The molecule has 0 saturated heterocycles. The van der Waals surface area contributed by atoms with Crippen LogP contribution in [0.15, 0.2) is 53.6 Å². The van der Waals surface area contributed by atoms with E-state index in [9.17, 15) is 4.79 Å². The summed E-state index contributed by atoms with van der Waals surface area (Å²) >= 11 is 2.36. The van der Waals surface area contributed by atoms with Crippen LogP contribution in [0.2, 0.25) is 0 Å². The summed E-state index contributed by atoms with van der Waals surface area (Å²) < 4.78 is 1.21. The van der Waals surface area contributed by atoms with Crippen molar-refractivity contribution in [3.8, 4) is 0 Å². The first-order valence-electron chi connectivity index (χ1n) is 6.98. The molecule has 5 rings (SSSR count). The molecular formula is C18H9IN2O. The lowest BCUT2D eigenvalue weighted by Gasteiger charge is -2.13. The number of halogens is 1. The Hall–Kier alpha value is -2.21. The molecule has 0 saturated carbocycles. The zero-order valence-corrected chi connectivity index (χ0v) is 13.5. The van der Waals surface area contributed by atoms with Gasteiger partial charge in [-0.15, -0.1) is 0 Å². The van der Waals surface area contributed by atoms with E-state index in [0.29, 0.717) is 0 Å². The number of aromatic nitrogens is 2. The molecule has 104 valence electrons. The quantitative estimate of drug-likeness (QED) is 0.239. The van der Waals surface area contributed by atoms with E-state index in [-0.39, 0.29) is 5.56 Å². The van der Waals surface area contributed by atoms with Gasteiger partial charge in [-0.05, 0) is 56.9 Å². The number of nitrogens with zero attached hydrogens (tertiary/aromatic N) is 1. The Balaban J connectivity index is 2.30. The molecule has 22 heavy (non-hydrogen) atoms. The molecular weight excluding hydrogens is 387 g/mol. The molecule has 0 aliphatic rings. The topological polar surface area (TPSA) is 45.8 Å². The van der Waals surface area contributed by atoms with E-state index in [1.807, 2.05) is 18.3 Å². The van der Waals surface area contributed by atoms with E-state index in [1.54, 1.807) is 6.20 Å². The molecule has 0 bridgehead atoms. The minimum atomic E-state index is -0.0539. The number of nitrogens with one attached hydrogen (secondary N) is 1. The summed E-state index contributed by atoms with van der Waals surface area (Å²) in [5.41, 5.74) is 0.896. The van der Waals surface area contributed by atoms with Crippen molar-refractivity contribution in [2.24, 2.45) is 0 Å². The van der Waals surface area contributed by atoms with Gasteiger partial charge in [-0.3, -0.25) is 9.78 Å². The molecule has 0 aliphatic carbocycles. The van der Waals surface area contributed by atoms with Gasteiger partial charge in [0.2, 0.25) is 0 Å². The van der Waals surface area contributed by atoms with Gasteiger partial charge < -0.3 is 4.98 Å². The van der Waals surface area contributed by atoms with Crippen molar-refractivity contribution in [3.05, 3.63) is 62.7 Å². The first-order valence-corrected chi connectivity index (χ1v) is 8.06. The van der Waals surface area contributed by atoms with Crippen LogP contribution in [0.5, 0.6) is 0 Å². The molecule has 0 aliphatic heterocycles. The molecule has 0 amide bonds. The van der Waals surface area contributed by atoms with Crippen LogP contribution in [-0.4, -0.2) is 9.97 Å². The molecule has 2 heterocycles. The molecule has 4 heteroatoms. The van der Waals surface area contributed by atoms with Gasteiger partial charge >= 0.3 is 0 Å². The summed E-state index contributed by atoms with van der Waals surface area (Å²) in [5.74, 6) is 0. The fourth-order valence-electron chi connectivity index (χ4n) is 3.42. The highest BCUT2D eigenvalue weighted by molar-refractivity contribution is 14.1. The highest BCUT2D eigenvalue weighted by Crippen LogP contribution is 2.38. The zero-order chi connectivity index (χ0) is 14.8. The van der Waals surface area contributed by atoms with E-state index in [2.05, 4.69) is 56.8 Å². The van der Waals surface area contributed by atoms with Crippen LogP contribution in [0.25, 0.3) is 43.2 Å². The van der Waals surface area contributed by atoms with Crippen LogP contribution >= 0.6 is 22.6 Å². The largest absolute Gasteiger partial charge is 0.328 e. The minimum absolute atomic E-state index is 0.0539. The maximum atomic E-state index is 12.2. The number of rotatable bonds is 0. The summed E-state index contributed by atoms with van der Waals surface area (Å²) in [5, 5.41) is 7.37. The first kappa shape index (κ1) is 12.3. The maximum Gasteiger partial charge on any atom is 0.255 e. The van der Waals surface area contributed by atoms with Gasteiger partial charge in [0.05, 0.1) is 5.52 Å². The number of fused-ring (bicyclic) bond motifs is 2. The van der Waals surface area contributed by atoms with Crippen molar-refractivity contribution in [2.75, 3.05) is 0 Å². The van der Waals surface area contributed by atoms with Crippen molar-refractivity contribution < 1.29 is 0 Å². The van der Waals surface area contributed by atoms with Crippen LogP contribution in [0.4, 0.5) is 0 Å². The second kappa shape index (κ2) is 4.16. The maximum absolute atomic E-state index is 12.2. The first-order chi connectivity index (χ1) is 10.8. The van der Waals surface area contributed by atoms with E-state index in [0.717, 1.165) is 32.4 Å². The van der Waals surface area contributed by atoms with E-state index in [1.165, 1.54) is 14.3 Å². The molecule has 0 spiro atoms. The summed E-state index contributed by atoms with van der Waals surface area (Å²) in [4.78, 5) is 19.6. The average molecular weight is 396 g/mol. The number of benzene rings is 3. The van der Waals surface area contributed by atoms with Crippen LogP contribution < -0.4 is 5.56 Å². The third kappa shape index (κ3) is 1.40. The standard InChI is InChI=1S/C18H9IN2O/c19-14-5-4-10-9-2-1-3-12-15(9)13(8-21-18(12)22)17-16(10)11(14)6-7-20-17/h1-8H,(H,21,22). The minimum Gasteiger partial charge on any atom is -0.328 e. The highest BCUT2D eigenvalue weighted by atomic mass is 127. The van der Waals surface area contributed by atoms with E-state index >= 15 is 0 Å². The Labute approximate surface area is 138 Å². The van der Waals surface area contributed by atoms with Crippen LogP contribution in [0.1, 0.15) is 0 Å². The Bertz CT molecular complexity index is 1240. The van der Waals surface area contributed by atoms with Crippen LogP contribution in [0.3, 0.4) is 0 Å². The molecule has 0 atom stereocenters. The Morgan fingerprint density at radius 1 is 0.864 bits per heavy atom. The number of aromatic amines is 1. The zero-order valence-electron chi connectivity index (χ0n) is 11.4. The number of hydrogen-bond acceptors (Lipinski definition) is 2. The predicted molar refractivity (Wildman–Crippen MR) is 98.8 cm³/mol. The van der Waals surface area contributed by atoms with Gasteiger partial charge in [0.25, 0.3) is 5.56 Å². The second-order valence-electron chi connectivity index (χ2n) is 5.44. The van der Waals surface area contributed by atoms with Crippen LogP contribution in [0, 0.1) is 3.57 Å². The van der Waals surface area contributed by atoms with Gasteiger partial charge in [0.1, 0.15) is 0 Å². The van der Waals surface area contributed by atoms with Crippen molar-refractivity contribution >= 4 is 65.8 Å². The Kier molecular flexibility index (Phi) is 2.34. The third-order valence-corrected chi connectivity index (χ3v) is 5.29. The fraction of sp³-hybridized carbons (Fsp3) is 0. The number of pyridine rings is 2. The van der Waals surface area contributed by atoms with Gasteiger partial charge in [0.15, 0.2) is 0 Å². The SMILES string of the molecule is O=c1[nH]cc2c3nccc4c(I)ccc(c5cccc1c52)c43. The molecule has 2 aromatic heterocycles. The molecule has 0 unspecified atom stereocenters. The third-order valence-electron chi connectivity index (χ3n) is 4.35. The van der Waals surface area contributed by atoms with Crippen molar-refractivity contribution in [1.82, 2.24) is 9.97 Å². The van der Waals surface area contributed by atoms with Gasteiger partial charge in [0, 0.05) is 37.5 Å². The lowest BCUT2D eigenvalue weighted by Crippen LogP contribution is -2.05. The lowest BCUT2D eigenvalue weighted by molar-refractivity contribution is 1.29. The smallest absolute Gasteiger partial charge is 0.255 e. The average Bonchev–Trinajstić information content (AvgIpc) is 2.55. The van der Waals surface area contributed by atoms with Crippen molar-refractivity contribution in [3.63, 3.8) is 0 Å². The second-order valence-corrected chi connectivity index (χ2v) is 6.60. The van der Waals surface area contributed by atoms with Crippen molar-refractivity contribution in [2.45, 2.75) is 0 Å².